The topological polar surface area (TPSA) is 118 Å². The maximum absolute atomic E-state index is 12.9. The zero-order valence-corrected chi connectivity index (χ0v) is 18.8. The van der Waals surface area contributed by atoms with Gasteiger partial charge in [0.2, 0.25) is 0 Å². The highest BCUT2D eigenvalue weighted by atomic mass is 19.1. The Morgan fingerprint density at radius 1 is 0.800 bits per heavy atom. The molecule has 3 N–H and O–H groups in total. The fourth-order valence-corrected chi connectivity index (χ4v) is 2.73. The molecule has 0 aliphatic carbocycles. The van der Waals surface area contributed by atoms with Crippen LogP contribution >= 0.6 is 0 Å². The van der Waals surface area contributed by atoms with E-state index in [-0.39, 0.29) is 6.61 Å². The SMILES string of the molecule is CCOc1ccc(NC(=O)C(=O)N/N=C\c2ccc(OCC(=O)Nc3ccc(F)cc3)cc2)cc1. The minimum absolute atomic E-state index is 0.232. The lowest BCUT2D eigenvalue weighted by molar-refractivity contribution is -0.136. The van der Waals surface area contributed by atoms with E-state index in [1.165, 1.54) is 30.5 Å². The lowest BCUT2D eigenvalue weighted by Crippen LogP contribution is -2.32. The first kappa shape index (κ1) is 24.9. The molecule has 0 bridgehead atoms. The van der Waals surface area contributed by atoms with Crippen molar-refractivity contribution in [2.45, 2.75) is 6.92 Å². The molecule has 3 rings (SSSR count). The molecule has 3 aromatic rings. The number of hydrogen-bond donors (Lipinski definition) is 3. The third kappa shape index (κ3) is 8.28. The summed E-state index contributed by atoms with van der Waals surface area (Å²) in [5.41, 5.74) is 3.68. The maximum atomic E-state index is 12.9. The molecule has 0 aromatic heterocycles. The van der Waals surface area contributed by atoms with E-state index in [0.29, 0.717) is 35.0 Å². The van der Waals surface area contributed by atoms with E-state index >= 15 is 0 Å². The highest BCUT2D eigenvalue weighted by Crippen LogP contribution is 2.15. The van der Waals surface area contributed by atoms with Crippen LogP contribution in [0.1, 0.15) is 12.5 Å². The van der Waals surface area contributed by atoms with E-state index in [1.54, 1.807) is 48.5 Å². The predicted octanol–water partition coefficient (Wildman–Crippen LogP) is 3.33. The Kier molecular flexibility index (Phi) is 8.89. The highest BCUT2D eigenvalue weighted by molar-refractivity contribution is 6.39. The minimum Gasteiger partial charge on any atom is -0.494 e. The largest absolute Gasteiger partial charge is 0.494 e. The second-order valence-electron chi connectivity index (χ2n) is 7.02. The van der Waals surface area contributed by atoms with Crippen LogP contribution in [0.15, 0.2) is 77.9 Å². The van der Waals surface area contributed by atoms with Crippen LogP contribution in [-0.2, 0) is 14.4 Å². The van der Waals surface area contributed by atoms with Crippen molar-refractivity contribution in [3.63, 3.8) is 0 Å². The molecule has 0 aliphatic rings. The van der Waals surface area contributed by atoms with Gasteiger partial charge in [-0.25, -0.2) is 9.82 Å². The van der Waals surface area contributed by atoms with Crippen LogP contribution in [0.4, 0.5) is 15.8 Å². The number of hydrogen-bond acceptors (Lipinski definition) is 6. The van der Waals surface area contributed by atoms with E-state index in [1.807, 2.05) is 6.92 Å². The van der Waals surface area contributed by atoms with E-state index in [4.69, 9.17) is 9.47 Å². The Morgan fingerprint density at radius 2 is 1.37 bits per heavy atom. The van der Waals surface area contributed by atoms with Gasteiger partial charge in [-0.05, 0) is 85.3 Å². The number of benzene rings is 3. The molecule has 9 nitrogen and oxygen atoms in total. The van der Waals surface area contributed by atoms with Gasteiger partial charge < -0.3 is 20.1 Å². The van der Waals surface area contributed by atoms with E-state index < -0.39 is 23.5 Å². The molecular formula is C25H23FN4O5. The van der Waals surface area contributed by atoms with Gasteiger partial charge >= 0.3 is 11.8 Å². The normalized spacial score (nSPS) is 10.5. The molecule has 10 heteroatoms. The van der Waals surface area contributed by atoms with Crippen LogP contribution in [-0.4, -0.2) is 37.1 Å². The molecule has 0 heterocycles. The number of hydrazone groups is 1. The molecule has 35 heavy (non-hydrogen) atoms. The minimum atomic E-state index is -0.928. The molecule has 0 aliphatic heterocycles. The van der Waals surface area contributed by atoms with Gasteiger partial charge in [-0.15, -0.1) is 0 Å². The summed E-state index contributed by atoms with van der Waals surface area (Å²) in [4.78, 5) is 35.8. The summed E-state index contributed by atoms with van der Waals surface area (Å²) >= 11 is 0. The number of amides is 3. The Morgan fingerprint density at radius 3 is 2.03 bits per heavy atom. The summed E-state index contributed by atoms with van der Waals surface area (Å²) in [6, 6.07) is 18.5. The zero-order chi connectivity index (χ0) is 25.0. The summed E-state index contributed by atoms with van der Waals surface area (Å²) in [6.07, 6.45) is 1.35. The van der Waals surface area contributed by atoms with Crippen molar-refractivity contribution >= 4 is 35.3 Å². The molecule has 3 amide bonds. The number of nitrogens with one attached hydrogen (secondary N) is 3. The molecule has 0 unspecified atom stereocenters. The first-order valence-electron chi connectivity index (χ1n) is 10.6. The maximum Gasteiger partial charge on any atom is 0.329 e. The van der Waals surface area contributed by atoms with Gasteiger partial charge in [-0.1, -0.05) is 0 Å². The first-order valence-corrected chi connectivity index (χ1v) is 10.6. The van der Waals surface area contributed by atoms with E-state index in [9.17, 15) is 18.8 Å². The van der Waals surface area contributed by atoms with Gasteiger partial charge in [-0.2, -0.15) is 5.10 Å². The molecule has 0 saturated heterocycles. The van der Waals surface area contributed by atoms with E-state index in [0.717, 1.165) is 0 Å². The van der Waals surface area contributed by atoms with Crippen molar-refractivity contribution < 1.29 is 28.2 Å². The van der Waals surface area contributed by atoms with Gasteiger partial charge in [0.1, 0.15) is 17.3 Å². The highest BCUT2D eigenvalue weighted by Gasteiger charge is 2.12. The lowest BCUT2D eigenvalue weighted by atomic mass is 10.2. The van der Waals surface area contributed by atoms with Crippen LogP contribution in [0, 0.1) is 5.82 Å². The predicted molar refractivity (Wildman–Crippen MR) is 129 cm³/mol. The Bertz CT molecular complexity index is 1180. The quantitative estimate of drug-likeness (QED) is 0.248. The Hall–Kier alpha value is -4.73. The number of carbonyl (C=O) groups excluding carboxylic acids is 3. The molecule has 180 valence electrons. The van der Waals surface area contributed by atoms with Crippen molar-refractivity contribution in [3.8, 4) is 11.5 Å². The lowest BCUT2D eigenvalue weighted by Gasteiger charge is -2.08. The number of anilines is 2. The fraction of sp³-hybridized carbons (Fsp3) is 0.120. The van der Waals surface area contributed by atoms with Crippen LogP contribution in [0.2, 0.25) is 0 Å². The van der Waals surface area contributed by atoms with E-state index in [2.05, 4.69) is 21.2 Å². The van der Waals surface area contributed by atoms with Crippen LogP contribution in [0.5, 0.6) is 11.5 Å². The standard InChI is InChI=1S/C25H23FN4O5/c1-2-34-21-13-9-20(10-14-21)29-24(32)25(33)30-27-15-17-3-11-22(12-4-17)35-16-23(31)28-19-7-5-18(26)6-8-19/h3-15H,2,16H2,1H3,(H,28,31)(H,29,32)(H,30,33)/b27-15-. The molecule has 0 saturated carbocycles. The Balaban J connectivity index is 1.41. The summed E-state index contributed by atoms with van der Waals surface area (Å²) in [7, 11) is 0. The summed E-state index contributed by atoms with van der Waals surface area (Å²) in [6.45, 7) is 2.16. The van der Waals surface area contributed by atoms with Crippen molar-refractivity contribution in [2.75, 3.05) is 23.8 Å². The molecule has 0 radical (unpaired) electrons. The molecule has 3 aromatic carbocycles. The number of ether oxygens (including phenoxy) is 2. The smallest absolute Gasteiger partial charge is 0.329 e. The molecule has 0 fully saturated rings. The van der Waals surface area contributed by atoms with Gasteiger partial charge in [0.25, 0.3) is 5.91 Å². The van der Waals surface area contributed by atoms with Gasteiger partial charge in [0.15, 0.2) is 6.61 Å². The first-order chi connectivity index (χ1) is 16.9. The van der Waals surface area contributed by atoms with Crippen molar-refractivity contribution in [1.29, 1.82) is 0 Å². The summed E-state index contributed by atoms with van der Waals surface area (Å²) in [5, 5.41) is 8.82. The third-order valence-electron chi connectivity index (χ3n) is 4.39. The zero-order valence-electron chi connectivity index (χ0n) is 18.8. The van der Waals surface area contributed by atoms with Crippen LogP contribution < -0.4 is 25.5 Å². The third-order valence-corrected chi connectivity index (χ3v) is 4.39. The van der Waals surface area contributed by atoms with Crippen molar-refractivity contribution in [2.24, 2.45) is 5.10 Å². The molecule has 0 atom stereocenters. The van der Waals surface area contributed by atoms with Crippen LogP contribution in [0.3, 0.4) is 0 Å². The van der Waals surface area contributed by atoms with Crippen molar-refractivity contribution in [1.82, 2.24) is 5.43 Å². The summed E-state index contributed by atoms with van der Waals surface area (Å²) < 4.78 is 23.6. The second-order valence-corrected chi connectivity index (χ2v) is 7.02. The van der Waals surface area contributed by atoms with Gasteiger partial charge in [0, 0.05) is 11.4 Å². The number of rotatable bonds is 9. The van der Waals surface area contributed by atoms with Gasteiger partial charge in [-0.3, -0.25) is 14.4 Å². The second kappa shape index (κ2) is 12.5. The number of carbonyl (C=O) groups is 3. The molecular weight excluding hydrogens is 455 g/mol. The van der Waals surface area contributed by atoms with Crippen molar-refractivity contribution in [3.05, 3.63) is 84.2 Å². The Labute approximate surface area is 200 Å². The number of halogens is 1. The van der Waals surface area contributed by atoms with Crippen LogP contribution in [0.25, 0.3) is 0 Å². The van der Waals surface area contributed by atoms with Gasteiger partial charge in [0.05, 0.1) is 12.8 Å². The number of nitrogens with zero attached hydrogens (tertiary/aromatic N) is 1. The average molecular weight is 478 g/mol. The monoisotopic (exact) mass is 478 g/mol. The average Bonchev–Trinajstić information content (AvgIpc) is 2.86. The molecule has 0 spiro atoms. The fourth-order valence-electron chi connectivity index (χ4n) is 2.73. The summed E-state index contributed by atoms with van der Waals surface area (Å²) in [5.74, 6) is -1.49.